The molecule has 0 spiro atoms. The molecule has 0 aliphatic rings. The van der Waals surface area contributed by atoms with Gasteiger partial charge in [-0.15, -0.1) is 0 Å². The molecule has 3 amide bonds. The lowest BCUT2D eigenvalue weighted by atomic mass is 10.1. The van der Waals surface area contributed by atoms with Gasteiger partial charge in [-0.1, -0.05) is 60.7 Å². The molecule has 0 aromatic heterocycles. The van der Waals surface area contributed by atoms with Crippen molar-refractivity contribution in [1.29, 1.82) is 0 Å². The van der Waals surface area contributed by atoms with E-state index in [1.54, 1.807) is 6.92 Å². The fourth-order valence-corrected chi connectivity index (χ4v) is 3.30. The lowest BCUT2D eigenvalue weighted by molar-refractivity contribution is -0.145. The van der Waals surface area contributed by atoms with Gasteiger partial charge >= 0.3 is 5.97 Å². The summed E-state index contributed by atoms with van der Waals surface area (Å²) in [5.41, 5.74) is 1.67. The summed E-state index contributed by atoms with van der Waals surface area (Å²) in [6, 6.07) is 18.5. The van der Waals surface area contributed by atoms with E-state index in [1.807, 2.05) is 60.7 Å². The molecule has 0 atom stereocenters. The number of carbonyl (C=O) groups excluding carboxylic acids is 4. The first-order valence-electron chi connectivity index (χ1n) is 11.3. The number of hydrogen-bond donors (Lipinski definition) is 1. The van der Waals surface area contributed by atoms with E-state index < -0.39 is 0 Å². The van der Waals surface area contributed by atoms with Crippen molar-refractivity contribution >= 4 is 23.7 Å². The second kappa shape index (κ2) is 14.6. The van der Waals surface area contributed by atoms with Gasteiger partial charge in [0.1, 0.15) is 0 Å². The van der Waals surface area contributed by atoms with Crippen molar-refractivity contribution < 1.29 is 23.9 Å². The Labute approximate surface area is 195 Å². The van der Waals surface area contributed by atoms with E-state index in [-0.39, 0.29) is 55.9 Å². The Kier molecular flexibility index (Phi) is 11.4. The van der Waals surface area contributed by atoms with Crippen LogP contribution in [-0.2, 0) is 36.8 Å². The maximum atomic E-state index is 12.9. The zero-order chi connectivity index (χ0) is 23.9. The summed E-state index contributed by atoms with van der Waals surface area (Å²) in [6.45, 7) is 2.64. The standard InChI is InChI=1S/C26H32N2O5/c1-2-33-26(32)16-9-17-27-23(29)15-10-18-28(24(30)19-21-11-5-3-6-12-21)25(31)20-22-13-7-4-8-14-22/h3-8,11-14H,2,9-10,15-20H2,1H3,(H,27,29). The summed E-state index contributed by atoms with van der Waals surface area (Å²) in [4.78, 5) is 50.5. The monoisotopic (exact) mass is 452 g/mol. The topological polar surface area (TPSA) is 92.8 Å². The molecule has 0 saturated heterocycles. The molecular formula is C26H32N2O5. The molecule has 7 heteroatoms. The smallest absolute Gasteiger partial charge is 0.305 e. The molecule has 0 aliphatic heterocycles. The van der Waals surface area contributed by atoms with Gasteiger partial charge in [-0.25, -0.2) is 0 Å². The van der Waals surface area contributed by atoms with Gasteiger partial charge < -0.3 is 10.1 Å². The highest BCUT2D eigenvalue weighted by Crippen LogP contribution is 2.09. The fourth-order valence-electron chi connectivity index (χ4n) is 3.30. The summed E-state index contributed by atoms with van der Waals surface area (Å²) in [5, 5.41) is 2.76. The second-order valence-electron chi connectivity index (χ2n) is 7.63. The third-order valence-corrected chi connectivity index (χ3v) is 4.97. The Bertz CT molecular complexity index is 846. The second-order valence-corrected chi connectivity index (χ2v) is 7.63. The lowest BCUT2D eigenvalue weighted by Crippen LogP contribution is -2.40. The highest BCUT2D eigenvalue weighted by molar-refractivity contribution is 5.97. The number of nitrogens with one attached hydrogen (secondary N) is 1. The minimum atomic E-state index is -0.281. The molecule has 0 heterocycles. The van der Waals surface area contributed by atoms with Crippen LogP contribution in [0.15, 0.2) is 60.7 Å². The molecule has 0 aliphatic carbocycles. The van der Waals surface area contributed by atoms with Crippen LogP contribution in [0, 0.1) is 0 Å². The number of carbonyl (C=O) groups is 4. The van der Waals surface area contributed by atoms with Crippen molar-refractivity contribution in [2.24, 2.45) is 0 Å². The predicted octanol–water partition coefficient (Wildman–Crippen LogP) is 3.07. The largest absolute Gasteiger partial charge is 0.466 e. The maximum absolute atomic E-state index is 12.9. The van der Waals surface area contributed by atoms with Crippen LogP contribution in [-0.4, -0.2) is 48.3 Å². The average Bonchev–Trinajstić information content (AvgIpc) is 2.81. The molecule has 0 fully saturated rings. The number of benzene rings is 2. The van der Waals surface area contributed by atoms with Crippen molar-refractivity contribution in [3.8, 4) is 0 Å². The fraction of sp³-hybridized carbons (Fsp3) is 0.385. The Morgan fingerprint density at radius 1 is 0.788 bits per heavy atom. The molecule has 1 N–H and O–H groups in total. The zero-order valence-corrected chi connectivity index (χ0v) is 19.1. The molecule has 176 valence electrons. The van der Waals surface area contributed by atoms with Crippen molar-refractivity contribution in [3.63, 3.8) is 0 Å². The molecule has 0 saturated carbocycles. The quantitative estimate of drug-likeness (QED) is 0.372. The molecule has 2 rings (SSSR count). The third kappa shape index (κ3) is 10.1. The molecule has 2 aromatic carbocycles. The Balaban J connectivity index is 1.86. The Hall–Kier alpha value is -3.48. The summed E-state index contributed by atoms with van der Waals surface area (Å²) in [5.74, 6) is -1.02. The molecule has 0 unspecified atom stereocenters. The van der Waals surface area contributed by atoms with Gasteiger partial charge in [-0.3, -0.25) is 24.1 Å². The number of rotatable bonds is 13. The predicted molar refractivity (Wildman–Crippen MR) is 125 cm³/mol. The van der Waals surface area contributed by atoms with Gasteiger partial charge in [0.05, 0.1) is 19.4 Å². The van der Waals surface area contributed by atoms with Gasteiger partial charge in [0, 0.05) is 25.9 Å². The van der Waals surface area contributed by atoms with Crippen molar-refractivity contribution in [1.82, 2.24) is 10.2 Å². The third-order valence-electron chi connectivity index (χ3n) is 4.97. The Morgan fingerprint density at radius 2 is 1.33 bits per heavy atom. The molecule has 0 radical (unpaired) electrons. The summed E-state index contributed by atoms with van der Waals surface area (Å²) in [7, 11) is 0. The molecule has 33 heavy (non-hydrogen) atoms. The number of ether oxygens (including phenoxy) is 1. The minimum Gasteiger partial charge on any atom is -0.466 e. The van der Waals surface area contributed by atoms with Gasteiger partial charge in [-0.2, -0.15) is 0 Å². The zero-order valence-electron chi connectivity index (χ0n) is 19.1. The van der Waals surface area contributed by atoms with Crippen LogP contribution in [0.4, 0.5) is 0 Å². The van der Waals surface area contributed by atoms with E-state index in [2.05, 4.69) is 5.32 Å². The van der Waals surface area contributed by atoms with Crippen LogP contribution in [0.3, 0.4) is 0 Å². The first kappa shape index (κ1) is 25.8. The first-order chi connectivity index (χ1) is 16.0. The van der Waals surface area contributed by atoms with E-state index in [4.69, 9.17) is 4.74 Å². The highest BCUT2D eigenvalue weighted by Gasteiger charge is 2.22. The van der Waals surface area contributed by atoms with Crippen LogP contribution in [0.2, 0.25) is 0 Å². The summed E-state index contributed by atoms with van der Waals surface area (Å²) < 4.78 is 4.85. The van der Waals surface area contributed by atoms with E-state index >= 15 is 0 Å². The minimum absolute atomic E-state index is 0.126. The van der Waals surface area contributed by atoms with Gasteiger partial charge in [0.25, 0.3) is 0 Å². The number of amides is 3. The van der Waals surface area contributed by atoms with Crippen LogP contribution in [0.1, 0.15) is 43.7 Å². The van der Waals surface area contributed by atoms with Gasteiger partial charge in [0.15, 0.2) is 0 Å². The van der Waals surface area contributed by atoms with Crippen molar-refractivity contribution in [2.75, 3.05) is 19.7 Å². The Morgan fingerprint density at radius 3 is 1.85 bits per heavy atom. The SMILES string of the molecule is CCOC(=O)CCCNC(=O)CCCN(C(=O)Cc1ccccc1)C(=O)Cc1ccccc1. The molecule has 7 nitrogen and oxygen atoms in total. The van der Waals surface area contributed by atoms with E-state index in [0.717, 1.165) is 11.1 Å². The number of hydrogen-bond acceptors (Lipinski definition) is 5. The number of esters is 1. The van der Waals surface area contributed by atoms with E-state index in [0.29, 0.717) is 26.0 Å². The summed E-state index contributed by atoms with van der Waals surface area (Å²) >= 11 is 0. The highest BCUT2D eigenvalue weighted by atomic mass is 16.5. The van der Waals surface area contributed by atoms with Crippen LogP contribution in [0.25, 0.3) is 0 Å². The van der Waals surface area contributed by atoms with Crippen LogP contribution in [0.5, 0.6) is 0 Å². The first-order valence-corrected chi connectivity index (χ1v) is 11.3. The maximum Gasteiger partial charge on any atom is 0.305 e. The van der Waals surface area contributed by atoms with Crippen molar-refractivity contribution in [3.05, 3.63) is 71.8 Å². The van der Waals surface area contributed by atoms with Crippen LogP contribution < -0.4 is 5.32 Å². The normalized spacial score (nSPS) is 10.3. The van der Waals surface area contributed by atoms with Crippen molar-refractivity contribution in [2.45, 2.75) is 45.4 Å². The average molecular weight is 453 g/mol. The molecular weight excluding hydrogens is 420 g/mol. The lowest BCUT2D eigenvalue weighted by Gasteiger charge is -2.21. The number of imide groups is 1. The summed E-state index contributed by atoms with van der Waals surface area (Å²) in [6.07, 6.45) is 1.56. The number of nitrogens with zero attached hydrogens (tertiary/aromatic N) is 1. The van der Waals surface area contributed by atoms with E-state index in [1.165, 1.54) is 4.90 Å². The molecule has 2 aromatic rings. The molecule has 0 bridgehead atoms. The van der Waals surface area contributed by atoms with Crippen LogP contribution >= 0.6 is 0 Å². The van der Waals surface area contributed by atoms with Gasteiger partial charge in [0.2, 0.25) is 17.7 Å². The van der Waals surface area contributed by atoms with Gasteiger partial charge in [-0.05, 0) is 30.9 Å². The van der Waals surface area contributed by atoms with E-state index in [9.17, 15) is 19.2 Å².